The van der Waals surface area contributed by atoms with Gasteiger partial charge in [-0.15, -0.1) is 0 Å². The van der Waals surface area contributed by atoms with E-state index < -0.39 is 19.0 Å². The zero-order valence-electron chi connectivity index (χ0n) is 8.04. The van der Waals surface area contributed by atoms with Crippen LogP contribution in [0.2, 0.25) is 0 Å². The molecule has 1 rings (SSSR count). The molecular weight excluding hydrogens is 230 g/mol. The van der Waals surface area contributed by atoms with Gasteiger partial charge in [0.25, 0.3) is 0 Å². The van der Waals surface area contributed by atoms with Crippen molar-refractivity contribution >= 4 is 0 Å². The summed E-state index contributed by atoms with van der Waals surface area (Å²) in [5.74, 6) is -4.47. The number of ether oxygens (including phenoxy) is 1. The number of halogens is 4. The van der Waals surface area contributed by atoms with Crippen LogP contribution in [0.25, 0.3) is 0 Å². The summed E-state index contributed by atoms with van der Waals surface area (Å²) in [4.78, 5) is 7.27. The van der Waals surface area contributed by atoms with Crippen molar-refractivity contribution in [3.63, 3.8) is 0 Å². The van der Waals surface area contributed by atoms with Crippen LogP contribution in [-0.2, 0) is 6.54 Å². The fraction of sp³-hybridized carbons (Fsp3) is 0.500. The molecule has 1 heterocycles. The second-order valence-electron chi connectivity index (χ2n) is 2.90. The van der Waals surface area contributed by atoms with Crippen molar-refractivity contribution in [1.29, 1.82) is 0 Å². The largest absolute Gasteiger partial charge is 0.470 e. The molecule has 0 bridgehead atoms. The lowest BCUT2D eigenvalue weighted by Crippen LogP contribution is -2.34. The summed E-state index contributed by atoms with van der Waals surface area (Å²) < 4.78 is 52.9. The van der Waals surface area contributed by atoms with Crippen molar-refractivity contribution in [1.82, 2.24) is 9.97 Å². The van der Waals surface area contributed by atoms with Gasteiger partial charge in [-0.3, -0.25) is 4.98 Å². The van der Waals surface area contributed by atoms with Crippen molar-refractivity contribution < 1.29 is 22.3 Å². The molecule has 1 aromatic rings. The molecule has 0 fully saturated rings. The minimum absolute atomic E-state index is 0.0510. The van der Waals surface area contributed by atoms with Gasteiger partial charge in [-0.05, 0) is 0 Å². The molecule has 0 atom stereocenters. The van der Waals surface area contributed by atoms with E-state index in [1.54, 1.807) is 0 Å². The number of nitrogens with zero attached hydrogens (tertiary/aromatic N) is 2. The van der Waals surface area contributed by atoms with E-state index in [-0.39, 0.29) is 12.4 Å². The summed E-state index contributed by atoms with van der Waals surface area (Å²) in [5.41, 5.74) is 5.54. The third-order valence-corrected chi connectivity index (χ3v) is 1.60. The number of aromatic nitrogens is 2. The molecule has 0 aliphatic heterocycles. The number of hydrogen-bond acceptors (Lipinski definition) is 4. The van der Waals surface area contributed by atoms with Crippen LogP contribution < -0.4 is 10.5 Å². The number of nitrogens with two attached hydrogens (primary N) is 1. The Morgan fingerprint density at radius 2 is 2.06 bits per heavy atom. The van der Waals surface area contributed by atoms with Crippen LogP contribution in [0, 0.1) is 0 Å². The number of hydrogen-bond donors (Lipinski definition) is 1. The van der Waals surface area contributed by atoms with Crippen molar-refractivity contribution in [2.45, 2.75) is 18.9 Å². The minimum atomic E-state index is -4.21. The molecule has 0 saturated heterocycles. The molecule has 0 spiro atoms. The van der Waals surface area contributed by atoms with E-state index in [0.717, 1.165) is 6.20 Å². The van der Waals surface area contributed by atoms with Crippen molar-refractivity contribution in [2.75, 3.05) is 6.61 Å². The lowest BCUT2D eigenvalue weighted by atomic mass is 10.4. The predicted octanol–water partition coefficient (Wildman–Crippen LogP) is 1.21. The van der Waals surface area contributed by atoms with Crippen LogP contribution in [0.4, 0.5) is 17.6 Å². The molecule has 16 heavy (non-hydrogen) atoms. The molecule has 0 aromatic carbocycles. The SMILES string of the molecule is NCc1cncc(OCC(F)(F)C(F)F)n1. The molecule has 0 aliphatic carbocycles. The monoisotopic (exact) mass is 239 g/mol. The average Bonchev–Trinajstić information content (AvgIpc) is 2.26. The maximum absolute atomic E-state index is 12.5. The Labute approximate surface area is 88.4 Å². The van der Waals surface area contributed by atoms with Gasteiger partial charge < -0.3 is 10.5 Å². The zero-order chi connectivity index (χ0) is 12.2. The molecule has 0 saturated carbocycles. The topological polar surface area (TPSA) is 61.0 Å². The van der Waals surface area contributed by atoms with Gasteiger partial charge in [-0.1, -0.05) is 0 Å². The number of alkyl halides is 4. The first-order chi connectivity index (χ1) is 7.45. The maximum Gasteiger partial charge on any atom is 0.340 e. The van der Waals surface area contributed by atoms with Gasteiger partial charge in [0.1, 0.15) is 0 Å². The van der Waals surface area contributed by atoms with Crippen molar-refractivity contribution in [3.8, 4) is 5.88 Å². The minimum Gasteiger partial charge on any atom is -0.470 e. The normalized spacial score (nSPS) is 11.9. The van der Waals surface area contributed by atoms with Crippen LogP contribution in [-0.4, -0.2) is 28.9 Å². The lowest BCUT2D eigenvalue weighted by molar-refractivity contribution is -0.148. The van der Waals surface area contributed by atoms with E-state index in [1.807, 2.05) is 0 Å². The van der Waals surface area contributed by atoms with E-state index in [0.29, 0.717) is 5.69 Å². The zero-order valence-corrected chi connectivity index (χ0v) is 8.04. The molecule has 0 unspecified atom stereocenters. The van der Waals surface area contributed by atoms with Gasteiger partial charge in [0.2, 0.25) is 5.88 Å². The number of rotatable bonds is 5. The molecule has 8 heteroatoms. The predicted molar refractivity (Wildman–Crippen MR) is 46.4 cm³/mol. The summed E-state index contributed by atoms with van der Waals surface area (Å²) in [6, 6.07) is 0. The highest BCUT2D eigenvalue weighted by Gasteiger charge is 2.41. The smallest absolute Gasteiger partial charge is 0.340 e. The Hall–Kier alpha value is -1.44. The van der Waals surface area contributed by atoms with Crippen LogP contribution >= 0.6 is 0 Å². The average molecular weight is 239 g/mol. The molecular formula is C8H9F4N3O. The third-order valence-electron chi connectivity index (χ3n) is 1.60. The van der Waals surface area contributed by atoms with Crippen molar-refractivity contribution in [3.05, 3.63) is 18.1 Å². The van der Waals surface area contributed by atoms with Crippen LogP contribution in [0.15, 0.2) is 12.4 Å². The second kappa shape index (κ2) is 5.06. The summed E-state index contributed by atoms with van der Waals surface area (Å²) in [6.45, 7) is -1.40. The Kier molecular flexibility index (Phi) is 3.99. The van der Waals surface area contributed by atoms with Gasteiger partial charge in [-0.2, -0.15) is 8.78 Å². The highest BCUT2D eigenvalue weighted by atomic mass is 19.3. The summed E-state index contributed by atoms with van der Waals surface area (Å²) in [6.07, 6.45) is -1.42. The molecule has 0 amide bonds. The fourth-order valence-electron chi connectivity index (χ4n) is 0.787. The van der Waals surface area contributed by atoms with Crippen LogP contribution in [0.5, 0.6) is 5.88 Å². The van der Waals surface area contributed by atoms with E-state index in [9.17, 15) is 17.6 Å². The molecule has 2 N–H and O–H groups in total. The van der Waals surface area contributed by atoms with Crippen LogP contribution in [0.3, 0.4) is 0 Å². The first-order valence-electron chi connectivity index (χ1n) is 4.25. The summed E-state index contributed by atoms with van der Waals surface area (Å²) in [7, 11) is 0. The standard InChI is InChI=1S/C8H9F4N3O/c9-7(10)8(11,12)4-16-6-3-14-2-5(1-13)15-6/h2-3,7H,1,4,13H2. The van der Waals surface area contributed by atoms with Gasteiger partial charge in [-0.25, -0.2) is 13.8 Å². The Morgan fingerprint density at radius 1 is 1.38 bits per heavy atom. The van der Waals surface area contributed by atoms with Crippen molar-refractivity contribution in [2.24, 2.45) is 5.73 Å². The Morgan fingerprint density at radius 3 is 2.62 bits per heavy atom. The van der Waals surface area contributed by atoms with E-state index >= 15 is 0 Å². The van der Waals surface area contributed by atoms with Gasteiger partial charge in [0.15, 0.2) is 6.61 Å². The van der Waals surface area contributed by atoms with E-state index in [4.69, 9.17) is 5.73 Å². The fourth-order valence-corrected chi connectivity index (χ4v) is 0.787. The highest BCUT2D eigenvalue weighted by Crippen LogP contribution is 2.23. The van der Waals surface area contributed by atoms with Gasteiger partial charge in [0.05, 0.1) is 11.9 Å². The molecule has 1 aromatic heterocycles. The van der Waals surface area contributed by atoms with E-state index in [2.05, 4.69) is 14.7 Å². The third kappa shape index (κ3) is 3.30. The first kappa shape index (κ1) is 12.6. The molecule has 90 valence electrons. The van der Waals surface area contributed by atoms with Gasteiger partial charge >= 0.3 is 12.3 Å². The summed E-state index contributed by atoms with van der Waals surface area (Å²) >= 11 is 0. The second-order valence-corrected chi connectivity index (χ2v) is 2.90. The maximum atomic E-state index is 12.5. The Bertz CT molecular complexity index is 348. The Balaban J connectivity index is 2.60. The first-order valence-corrected chi connectivity index (χ1v) is 4.25. The highest BCUT2D eigenvalue weighted by molar-refractivity contribution is 5.08. The van der Waals surface area contributed by atoms with Crippen LogP contribution in [0.1, 0.15) is 5.69 Å². The molecule has 4 nitrogen and oxygen atoms in total. The molecule has 0 aliphatic rings. The van der Waals surface area contributed by atoms with Gasteiger partial charge in [0, 0.05) is 12.7 Å². The molecule has 0 radical (unpaired) electrons. The van der Waals surface area contributed by atoms with E-state index in [1.165, 1.54) is 6.20 Å². The quantitative estimate of drug-likeness (QED) is 0.784. The summed E-state index contributed by atoms with van der Waals surface area (Å²) in [5, 5.41) is 0. The lowest BCUT2D eigenvalue weighted by Gasteiger charge is -2.15.